The molecule has 1 aromatic carbocycles. The average Bonchev–Trinajstić information content (AvgIpc) is 2.96. The van der Waals surface area contributed by atoms with Crippen molar-refractivity contribution in [1.82, 2.24) is 0 Å². The second-order valence-corrected chi connectivity index (χ2v) is 7.13. The summed E-state index contributed by atoms with van der Waals surface area (Å²) in [6.45, 7) is 2.08. The quantitative estimate of drug-likeness (QED) is 0.745. The minimum Gasteiger partial charge on any atom is -0.274 e. The summed E-state index contributed by atoms with van der Waals surface area (Å²) in [4.78, 5) is 19.5. The van der Waals surface area contributed by atoms with Gasteiger partial charge in [0.1, 0.15) is 0 Å². The summed E-state index contributed by atoms with van der Waals surface area (Å²) in [6.07, 6.45) is 6.96. The Balaban J connectivity index is 1.92. The Morgan fingerprint density at radius 3 is 2.68 bits per heavy atom. The first-order valence-electron chi connectivity index (χ1n) is 7.60. The molecule has 0 unspecified atom stereocenters. The highest BCUT2D eigenvalue weighted by molar-refractivity contribution is 8.14. The second kappa shape index (κ2) is 6.88. The lowest BCUT2D eigenvalue weighted by Gasteiger charge is -2.27. The molecule has 0 saturated carbocycles. The van der Waals surface area contributed by atoms with E-state index in [1.54, 1.807) is 16.7 Å². The SMILES string of the molecule is C[C@H]1CSC(N(C(=O)[C@@H]2CC=CCC2)c2ccc(Cl)cc2)=N1. The molecule has 22 heavy (non-hydrogen) atoms. The Bertz CT molecular complexity index is 612. The molecule has 0 aromatic heterocycles. The predicted octanol–water partition coefficient (Wildman–Crippen LogP) is 4.52. The number of carbonyl (C=O) groups is 1. The molecule has 0 bridgehead atoms. The number of nitrogens with zero attached hydrogens (tertiary/aromatic N) is 2. The van der Waals surface area contributed by atoms with Gasteiger partial charge in [-0.1, -0.05) is 35.5 Å². The van der Waals surface area contributed by atoms with Crippen LogP contribution in [-0.4, -0.2) is 22.9 Å². The first-order valence-corrected chi connectivity index (χ1v) is 8.96. The van der Waals surface area contributed by atoms with E-state index in [9.17, 15) is 4.79 Å². The van der Waals surface area contributed by atoms with Gasteiger partial charge in [0, 0.05) is 16.7 Å². The van der Waals surface area contributed by atoms with Crippen LogP contribution in [0, 0.1) is 5.92 Å². The molecule has 1 aliphatic carbocycles. The van der Waals surface area contributed by atoms with Crippen LogP contribution in [0.4, 0.5) is 5.69 Å². The van der Waals surface area contributed by atoms with Crippen LogP contribution in [0.2, 0.25) is 5.02 Å². The van der Waals surface area contributed by atoms with Crippen molar-refractivity contribution < 1.29 is 4.79 Å². The van der Waals surface area contributed by atoms with Gasteiger partial charge in [0.25, 0.3) is 0 Å². The van der Waals surface area contributed by atoms with E-state index in [1.165, 1.54) is 0 Å². The van der Waals surface area contributed by atoms with Crippen molar-refractivity contribution in [3.8, 4) is 0 Å². The van der Waals surface area contributed by atoms with Crippen LogP contribution in [0.5, 0.6) is 0 Å². The van der Waals surface area contributed by atoms with Gasteiger partial charge in [0.05, 0.1) is 11.7 Å². The van der Waals surface area contributed by atoms with E-state index in [0.29, 0.717) is 5.02 Å². The number of aliphatic imine (C=N–C) groups is 1. The molecule has 0 fully saturated rings. The van der Waals surface area contributed by atoms with Gasteiger partial charge in [-0.05, 0) is 50.5 Å². The van der Waals surface area contributed by atoms with Gasteiger partial charge in [0.15, 0.2) is 5.17 Å². The molecule has 2 aliphatic rings. The lowest BCUT2D eigenvalue weighted by Crippen LogP contribution is -2.39. The van der Waals surface area contributed by atoms with E-state index in [0.717, 1.165) is 35.9 Å². The van der Waals surface area contributed by atoms with Crippen LogP contribution in [0.25, 0.3) is 0 Å². The van der Waals surface area contributed by atoms with E-state index in [2.05, 4.69) is 24.1 Å². The second-order valence-electron chi connectivity index (χ2n) is 5.70. The first kappa shape index (κ1) is 15.6. The van der Waals surface area contributed by atoms with Crippen molar-refractivity contribution in [2.45, 2.75) is 32.2 Å². The molecule has 0 spiro atoms. The lowest BCUT2D eigenvalue weighted by atomic mass is 9.93. The highest BCUT2D eigenvalue weighted by Crippen LogP contribution is 2.30. The number of halogens is 1. The Morgan fingerprint density at radius 1 is 1.32 bits per heavy atom. The molecule has 116 valence electrons. The topological polar surface area (TPSA) is 32.7 Å². The molecule has 0 N–H and O–H groups in total. The number of rotatable bonds is 2. The van der Waals surface area contributed by atoms with Crippen LogP contribution in [0.15, 0.2) is 41.4 Å². The third-order valence-electron chi connectivity index (χ3n) is 3.90. The summed E-state index contributed by atoms with van der Waals surface area (Å²) in [6, 6.07) is 7.69. The van der Waals surface area contributed by atoms with Crippen molar-refractivity contribution in [2.24, 2.45) is 10.9 Å². The molecule has 1 heterocycles. The van der Waals surface area contributed by atoms with E-state index >= 15 is 0 Å². The van der Waals surface area contributed by atoms with E-state index in [1.807, 2.05) is 24.3 Å². The van der Waals surface area contributed by atoms with Gasteiger partial charge in [0.2, 0.25) is 5.91 Å². The van der Waals surface area contributed by atoms with Crippen LogP contribution in [0.1, 0.15) is 26.2 Å². The van der Waals surface area contributed by atoms with Crippen LogP contribution >= 0.6 is 23.4 Å². The lowest BCUT2D eigenvalue weighted by molar-refractivity contribution is -0.121. The molecule has 3 nitrogen and oxygen atoms in total. The van der Waals surface area contributed by atoms with Gasteiger partial charge < -0.3 is 0 Å². The number of amidine groups is 1. The largest absolute Gasteiger partial charge is 0.274 e. The number of thioether (sulfide) groups is 1. The number of hydrogen-bond donors (Lipinski definition) is 0. The number of anilines is 1. The van der Waals surface area contributed by atoms with Gasteiger partial charge in [-0.25, -0.2) is 0 Å². The Labute approximate surface area is 140 Å². The van der Waals surface area contributed by atoms with Crippen molar-refractivity contribution in [3.63, 3.8) is 0 Å². The third-order valence-corrected chi connectivity index (χ3v) is 5.35. The van der Waals surface area contributed by atoms with Crippen molar-refractivity contribution in [2.75, 3.05) is 10.7 Å². The number of amides is 1. The molecule has 0 saturated heterocycles. The molecular formula is C17H19ClN2OS. The number of allylic oxidation sites excluding steroid dienone is 2. The molecule has 1 aromatic rings. The van der Waals surface area contributed by atoms with E-state index in [4.69, 9.17) is 11.6 Å². The molecule has 2 atom stereocenters. The predicted molar refractivity (Wildman–Crippen MR) is 94.8 cm³/mol. The normalized spacial score (nSPS) is 24.2. The zero-order valence-electron chi connectivity index (χ0n) is 12.5. The molecular weight excluding hydrogens is 316 g/mol. The standard InChI is InChI=1S/C17H19ClN2OS/c1-12-11-22-17(19-12)20(15-9-7-14(18)8-10-15)16(21)13-5-3-2-4-6-13/h2-3,7-10,12-13H,4-6,11H2,1H3/t12-,13+/m0/s1. The molecule has 3 rings (SSSR count). The first-order chi connectivity index (χ1) is 10.6. The van der Waals surface area contributed by atoms with Crippen LogP contribution in [-0.2, 0) is 4.79 Å². The summed E-state index contributed by atoms with van der Waals surface area (Å²) in [5.41, 5.74) is 0.851. The fourth-order valence-corrected chi connectivity index (χ4v) is 3.87. The summed E-state index contributed by atoms with van der Waals surface area (Å²) in [5.74, 6) is 1.11. The molecule has 1 amide bonds. The monoisotopic (exact) mass is 334 g/mol. The minimum atomic E-state index is 0.0416. The zero-order valence-corrected chi connectivity index (χ0v) is 14.1. The third kappa shape index (κ3) is 3.39. The maximum atomic E-state index is 13.0. The molecule has 1 aliphatic heterocycles. The smallest absolute Gasteiger partial charge is 0.236 e. The van der Waals surface area contributed by atoms with Gasteiger partial charge in [-0.3, -0.25) is 14.7 Å². The summed E-state index contributed by atoms with van der Waals surface area (Å²) in [5, 5.41) is 1.49. The average molecular weight is 335 g/mol. The molecule has 5 heteroatoms. The highest BCUT2D eigenvalue weighted by Gasteiger charge is 2.31. The van der Waals surface area contributed by atoms with Gasteiger partial charge in [-0.2, -0.15) is 0 Å². The van der Waals surface area contributed by atoms with Crippen LogP contribution < -0.4 is 4.90 Å². The van der Waals surface area contributed by atoms with E-state index in [-0.39, 0.29) is 17.9 Å². The Morgan fingerprint density at radius 2 is 2.09 bits per heavy atom. The Kier molecular flexibility index (Phi) is 4.89. The summed E-state index contributed by atoms with van der Waals surface area (Å²) in [7, 11) is 0. The van der Waals surface area contributed by atoms with Crippen molar-refractivity contribution >= 4 is 40.1 Å². The summed E-state index contributed by atoms with van der Waals surface area (Å²) < 4.78 is 0. The van der Waals surface area contributed by atoms with Crippen molar-refractivity contribution in [3.05, 3.63) is 41.4 Å². The molecule has 0 radical (unpaired) electrons. The van der Waals surface area contributed by atoms with E-state index < -0.39 is 0 Å². The minimum absolute atomic E-state index is 0.0416. The maximum absolute atomic E-state index is 13.0. The number of carbonyl (C=O) groups excluding carboxylic acids is 1. The number of hydrogen-bond acceptors (Lipinski definition) is 3. The van der Waals surface area contributed by atoms with Crippen molar-refractivity contribution in [1.29, 1.82) is 0 Å². The van der Waals surface area contributed by atoms with Crippen LogP contribution in [0.3, 0.4) is 0 Å². The highest BCUT2D eigenvalue weighted by atomic mass is 35.5. The fourth-order valence-electron chi connectivity index (χ4n) is 2.70. The summed E-state index contributed by atoms with van der Waals surface area (Å²) >= 11 is 7.63. The Hall–Kier alpha value is -1.26. The zero-order chi connectivity index (χ0) is 15.5. The van der Waals surface area contributed by atoms with Gasteiger partial charge in [-0.15, -0.1) is 0 Å². The number of benzene rings is 1. The fraction of sp³-hybridized carbons (Fsp3) is 0.412. The van der Waals surface area contributed by atoms with Gasteiger partial charge >= 0.3 is 0 Å². The maximum Gasteiger partial charge on any atom is 0.236 e.